The van der Waals surface area contributed by atoms with Gasteiger partial charge in [-0.2, -0.15) is 0 Å². The maximum absolute atomic E-state index is 5.35. The summed E-state index contributed by atoms with van der Waals surface area (Å²) in [5, 5.41) is 3.41. The zero-order chi connectivity index (χ0) is 8.91. The van der Waals surface area contributed by atoms with E-state index in [0.717, 1.165) is 12.8 Å². The molecule has 0 rings (SSSR count). The predicted molar refractivity (Wildman–Crippen MR) is 50.4 cm³/mol. The molecule has 0 aromatic rings. The van der Waals surface area contributed by atoms with Crippen molar-refractivity contribution in [3.63, 3.8) is 0 Å². The molecule has 0 radical (unpaired) electrons. The lowest BCUT2D eigenvalue weighted by Crippen LogP contribution is -2.44. The molecule has 0 saturated carbocycles. The van der Waals surface area contributed by atoms with E-state index in [1.807, 2.05) is 13.8 Å². The molecule has 0 fully saturated rings. The summed E-state index contributed by atoms with van der Waals surface area (Å²) in [5.41, 5.74) is -0.156. The van der Waals surface area contributed by atoms with E-state index in [1.165, 1.54) is 0 Å². The first-order chi connectivity index (χ1) is 5.05. The molecule has 0 aromatic heterocycles. The summed E-state index contributed by atoms with van der Waals surface area (Å²) in [7, 11) is 0. The Kier molecular flexibility index (Phi) is 4.22. The van der Waals surface area contributed by atoms with Crippen molar-refractivity contribution in [3.05, 3.63) is 0 Å². The topological polar surface area (TPSA) is 12.0 Å². The highest BCUT2D eigenvalue weighted by Gasteiger charge is 2.16. The molecule has 11 heavy (non-hydrogen) atoms. The molecule has 0 bridgehead atoms. The van der Waals surface area contributed by atoms with Crippen LogP contribution in [0, 0.1) is 12.3 Å². The van der Waals surface area contributed by atoms with Crippen molar-refractivity contribution in [2.75, 3.05) is 0 Å². The molecular weight excluding hydrogens is 134 g/mol. The third kappa shape index (κ3) is 4.06. The second-order valence-corrected chi connectivity index (χ2v) is 3.43. The zero-order valence-electron chi connectivity index (χ0n) is 8.07. The van der Waals surface area contributed by atoms with Crippen molar-refractivity contribution < 1.29 is 0 Å². The molecule has 0 amide bonds. The molecule has 0 saturated heterocycles. The Balaban J connectivity index is 3.92. The summed E-state index contributed by atoms with van der Waals surface area (Å²) in [5.74, 6) is 2.73. The van der Waals surface area contributed by atoms with Gasteiger partial charge in [-0.05, 0) is 26.7 Å². The van der Waals surface area contributed by atoms with E-state index in [2.05, 4.69) is 25.1 Å². The number of terminal acetylenes is 1. The number of hydrogen-bond acceptors (Lipinski definition) is 1. The Bertz CT molecular complexity index is 137. The second-order valence-electron chi connectivity index (χ2n) is 3.43. The molecule has 1 heteroatoms. The maximum atomic E-state index is 5.35. The summed E-state index contributed by atoms with van der Waals surface area (Å²) < 4.78 is 0. The fourth-order valence-electron chi connectivity index (χ4n) is 1.04. The van der Waals surface area contributed by atoms with Gasteiger partial charge in [0, 0.05) is 6.04 Å². The fraction of sp³-hybridized carbons (Fsp3) is 0.800. The van der Waals surface area contributed by atoms with Crippen LogP contribution in [0.4, 0.5) is 0 Å². The Morgan fingerprint density at radius 1 is 1.36 bits per heavy atom. The van der Waals surface area contributed by atoms with Crippen LogP contribution in [0.25, 0.3) is 0 Å². The van der Waals surface area contributed by atoms with Crippen LogP contribution in [0.15, 0.2) is 0 Å². The monoisotopic (exact) mass is 153 g/mol. The van der Waals surface area contributed by atoms with E-state index >= 15 is 0 Å². The Morgan fingerprint density at radius 3 is 2.09 bits per heavy atom. The lowest BCUT2D eigenvalue weighted by atomic mass is 10.0. The van der Waals surface area contributed by atoms with Crippen LogP contribution in [0.5, 0.6) is 0 Å². The molecule has 1 nitrogen and oxygen atoms in total. The molecule has 1 N–H and O–H groups in total. The van der Waals surface area contributed by atoms with Gasteiger partial charge in [0.25, 0.3) is 0 Å². The first-order valence-electron chi connectivity index (χ1n) is 4.31. The minimum atomic E-state index is -0.156. The Morgan fingerprint density at radius 2 is 1.82 bits per heavy atom. The number of hydrogen-bond donors (Lipinski definition) is 1. The van der Waals surface area contributed by atoms with Gasteiger partial charge in [0.1, 0.15) is 0 Å². The predicted octanol–water partition coefficient (Wildman–Crippen LogP) is 2.18. The summed E-state index contributed by atoms with van der Waals surface area (Å²) >= 11 is 0. The molecule has 0 unspecified atom stereocenters. The van der Waals surface area contributed by atoms with E-state index < -0.39 is 0 Å². The lowest BCUT2D eigenvalue weighted by Gasteiger charge is -2.26. The highest BCUT2D eigenvalue weighted by molar-refractivity contribution is 5.08. The lowest BCUT2D eigenvalue weighted by molar-refractivity contribution is 0.387. The van der Waals surface area contributed by atoms with Gasteiger partial charge < -0.3 is 0 Å². The molecule has 0 spiro atoms. The van der Waals surface area contributed by atoms with E-state index in [4.69, 9.17) is 6.42 Å². The average molecular weight is 153 g/mol. The number of rotatable bonds is 4. The first-order valence-corrected chi connectivity index (χ1v) is 4.31. The summed E-state index contributed by atoms with van der Waals surface area (Å²) in [6.07, 6.45) is 7.63. The molecule has 64 valence electrons. The van der Waals surface area contributed by atoms with E-state index in [1.54, 1.807) is 0 Å². The fourth-order valence-corrected chi connectivity index (χ4v) is 1.04. The standard InChI is InChI=1S/C10H19N/c1-6-9(7-2)11-10(4,5)8-3/h3,9,11H,6-7H2,1-2,4-5H3. The van der Waals surface area contributed by atoms with Crippen molar-refractivity contribution in [2.24, 2.45) is 0 Å². The molecule has 0 aliphatic rings. The third-order valence-electron chi connectivity index (χ3n) is 1.91. The van der Waals surface area contributed by atoms with Gasteiger partial charge in [0.15, 0.2) is 0 Å². The molecule has 0 aliphatic heterocycles. The van der Waals surface area contributed by atoms with Crippen LogP contribution in [0.2, 0.25) is 0 Å². The first kappa shape index (κ1) is 10.5. The van der Waals surface area contributed by atoms with E-state index in [0.29, 0.717) is 6.04 Å². The Labute approximate surface area is 70.6 Å². The summed E-state index contributed by atoms with van der Waals surface area (Å²) in [6.45, 7) is 8.41. The SMILES string of the molecule is C#CC(C)(C)NC(CC)CC. The normalized spacial score (nSPS) is 11.6. The van der Waals surface area contributed by atoms with Crippen LogP contribution in [-0.2, 0) is 0 Å². The highest BCUT2D eigenvalue weighted by atomic mass is 15.0. The minimum Gasteiger partial charge on any atom is -0.299 e. The van der Waals surface area contributed by atoms with Gasteiger partial charge in [-0.15, -0.1) is 6.42 Å². The zero-order valence-corrected chi connectivity index (χ0v) is 8.07. The summed E-state index contributed by atoms with van der Waals surface area (Å²) in [6, 6.07) is 0.557. The van der Waals surface area contributed by atoms with Gasteiger partial charge in [0.05, 0.1) is 5.54 Å². The summed E-state index contributed by atoms with van der Waals surface area (Å²) in [4.78, 5) is 0. The quantitative estimate of drug-likeness (QED) is 0.610. The smallest absolute Gasteiger partial charge is 0.0743 e. The van der Waals surface area contributed by atoms with Crippen molar-refractivity contribution in [3.8, 4) is 12.3 Å². The van der Waals surface area contributed by atoms with Gasteiger partial charge in [-0.3, -0.25) is 5.32 Å². The largest absolute Gasteiger partial charge is 0.299 e. The van der Waals surface area contributed by atoms with Crippen molar-refractivity contribution >= 4 is 0 Å². The van der Waals surface area contributed by atoms with Crippen molar-refractivity contribution in [1.82, 2.24) is 5.32 Å². The van der Waals surface area contributed by atoms with E-state index in [-0.39, 0.29) is 5.54 Å². The van der Waals surface area contributed by atoms with Gasteiger partial charge in [-0.25, -0.2) is 0 Å². The highest BCUT2D eigenvalue weighted by Crippen LogP contribution is 2.05. The molecule has 0 atom stereocenters. The van der Waals surface area contributed by atoms with Gasteiger partial charge in [0.2, 0.25) is 0 Å². The van der Waals surface area contributed by atoms with Crippen molar-refractivity contribution in [2.45, 2.75) is 52.1 Å². The van der Waals surface area contributed by atoms with Crippen LogP contribution >= 0.6 is 0 Å². The molecule has 0 aliphatic carbocycles. The molecule has 0 heterocycles. The second kappa shape index (κ2) is 4.41. The van der Waals surface area contributed by atoms with Crippen LogP contribution < -0.4 is 5.32 Å². The minimum absolute atomic E-state index is 0.156. The van der Waals surface area contributed by atoms with Gasteiger partial charge in [-0.1, -0.05) is 19.8 Å². The van der Waals surface area contributed by atoms with Crippen LogP contribution in [0.3, 0.4) is 0 Å². The van der Waals surface area contributed by atoms with Crippen LogP contribution in [0.1, 0.15) is 40.5 Å². The molecular formula is C10H19N. The third-order valence-corrected chi connectivity index (χ3v) is 1.91. The molecule has 0 aromatic carbocycles. The average Bonchev–Trinajstić information content (AvgIpc) is 2.00. The number of nitrogens with one attached hydrogen (secondary N) is 1. The van der Waals surface area contributed by atoms with Crippen molar-refractivity contribution in [1.29, 1.82) is 0 Å². The van der Waals surface area contributed by atoms with Crippen LogP contribution in [-0.4, -0.2) is 11.6 Å². The van der Waals surface area contributed by atoms with Gasteiger partial charge >= 0.3 is 0 Å². The van der Waals surface area contributed by atoms with E-state index in [9.17, 15) is 0 Å². The Hall–Kier alpha value is -0.480. The maximum Gasteiger partial charge on any atom is 0.0743 e.